The largest absolute Gasteiger partial charge is 0.481 e. The van der Waals surface area contributed by atoms with E-state index >= 15 is 0 Å². The Morgan fingerprint density at radius 2 is 1.83 bits per heavy atom. The lowest BCUT2D eigenvalue weighted by Crippen LogP contribution is -2.56. The molecule has 1 saturated carbocycles. The Hall–Kier alpha value is -2.78. The van der Waals surface area contributed by atoms with Gasteiger partial charge in [0.15, 0.2) is 0 Å². The van der Waals surface area contributed by atoms with E-state index in [1.165, 1.54) is 0 Å². The number of nitrogens with zero attached hydrogens (tertiary/aromatic N) is 2. The van der Waals surface area contributed by atoms with Crippen LogP contribution in [0.5, 0.6) is 0 Å². The average Bonchev–Trinajstić information content (AvgIpc) is 3.50. The molecular formula is C30H41Cl2N5O4. The number of rotatable bonds is 12. The molecule has 2 heterocycles. The van der Waals surface area contributed by atoms with Crippen LogP contribution in [0.25, 0.3) is 0 Å². The number of carbonyl (C=O) groups excluding carboxylic acids is 2. The molecule has 224 valence electrons. The second-order valence-electron chi connectivity index (χ2n) is 11.4. The number of amides is 3. The predicted molar refractivity (Wildman–Crippen MR) is 159 cm³/mol. The number of aromatic amines is 1. The second kappa shape index (κ2) is 14.9. The van der Waals surface area contributed by atoms with Gasteiger partial charge in [0.05, 0.1) is 21.8 Å². The van der Waals surface area contributed by atoms with E-state index in [4.69, 9.17) is 23.2 Å². The number of H-pyrrole nitrogens is 1. The smallest absolute Gasteiger partial charge is 0.315 e. The zero-order valence-electron chi connectivity index (χ0n) is 23.5. The van der Waals surface area contributed by atoms with E-state index in [2.05, 4.69) is 20.6 Å². The van der Waals surface area contributed by atoms with E-state index in [9.17, 15) is 19.5 Å². The van der Waals surface area contributed by atoms with Crippen molar-refractivity contribution >= 4 is 41.1 Å². The highest BCUT2D eigenvalue weighted by Crippen LogP contribution is 2.46. The number of aryl methyl sites for hydroxylation is 1. The van der Waals surface area contributed by atoms with Gasteiger partial charge >= 0.3 is 12.0 Å². The first-order valence-corrected chi connectivity index (χ1v) is 15.5. The highest BCUT2D eigenvalue weighted by atomic mass is 35.5. The van der Waals surface area contributed by atoms with E-state index < -0.39 is 23.5 Å². The van der Waals surface area contributed by atoms with Crippen molar-refractivity contribution in [1.29, 1.82) is 0 Å². The minimum absolute atomic E-state index is 0.154. The molecule has 1 aromatic heterocycles. The minimum Gasteiger partial charge on any atom is -0.481 e. The summed E-state index contributed by atoms with van der Waals surface area (Å²) in [7, 11) is 0. The fourth-order valence-electron chi connectivity index (χ4n) is 6.35. The van der Waals surface area contributed by atoms with Crippen LogP contribution in [0.4, 0.5) is 4.79 Å². The Morgan fingerprint density at radius 1 is 1.07 bits per heavy atom. The maximum Gasteiger partial charge on any atom is 0.315 e. The first-order valence-electron chi connectivity index (χ1n) is 14.8. The van der Waals surface area contributed by atoms with E-state index in [0.717, 1.165) is 69.0 Å². The first kappa shape index (κ1) is 31.2. The van der Waals surface area contributed by atoms with Crippen LogP contribution in [-0.2, 0) is 22.4 Å². The number of piperidine rings is 1. The van der Waals surface area contributed by atoms with Gasteiger partial charge in [0.1, 0.15) is 6.04 Å². The Morgan fingerprint density at radius 3 is 2.49 bits per heavy atom. The Kier molecular flexibility index (Phi) is 11.3. The molecule has 2 aromatic rings. The van der Waals surface area contributed by atoms with Gasteiger partial charge in [-0.2, -0.15) is 0 Å². The van der Waals surface area contributed by atoms with E-state index in [0.29, 0.717) is 42.5 Å². The number of benzene rings is 1. The number of unbranched alkanes of at least 4 members (excludes halogenated alkanes) is 2. The molecular weight excluding hydrogens is 565 g/mol. The number of halogens is 2. The molecule has 41 heavy (non-hydrogen) atoms. The van der Waals surface area contributed by atoms with Crippen molar-refractivity contribution in [2.75, 3.05) is 19.6 Å². The summed E-state index contributed by atoms with van der Waals surface area (Å²) in [6.07, 6.45) is 13.4. The van der Waals surface area contributed by atoms with Crippen molar-refractivity contribution in [1.82, 2.24) is 25.5 Å². The zero-order valence-corrected chi connectivity index (χ0v) is 25.0. The maximum absolute atomic E-state index is 13.7. The fraction of sp³-hybridized carbons (Fsp3) is 0.600. The number of aromatic nitrogens is 2. The monoisotopic (exact) mass is 605 g/mol. The number of carbonyl (C=O) groups is 3. The molecule has 3 amide bonds. The van der Waals surface area contributed by atoms with Crippen LogP contribution in [-0.4, -0.2) is 63.6 Å². The zero-order chi connectivity index (χ0) is 29.2. The summed E-state index contributed by atoms with van der Waals surface area (Å²) in [5.74, 6) is -0.805. The molecule has 1 aromatic carbocycles. The number of hydrogen-bond acceptors (Lipinski definition) is 4. The molecule has 1 atom stereocenters. The lowest BCUT2D eigenvalue weighted by Gasteiger charge is -2.45. The molecule has 1 saturated heterocycles. The Labute approximate surface area is 251 Å². The van der Waals surface area contributed by atoms with Gasteiger partial charge in [0.2, 0.25) is 5.91 Å². The number of imidazole rings is 1. The van der Waals surface area contributed by atoms with Gasteiger partial charge in [-0.15, -0.1) is 0 Å². The van der Waals surface area contributed by atoms with Gasteiger partial charge < -0.3 is 25.6 Å². The quantitative estimate of drug-likeness (QED) is 0.234. The second-order valence-corrected chi connectivity index (χ2v) is 12.2. The van der Waals surface area contributed by atoms with Crippen LogP contribution in [0.3, 0.4) is 0 Å². The highest BCUT2D eigenvalue weighted by Gasteiger charge is 2.48. The van der Waals surface area contributed by atoms with Crippen molar-refractivity contribution < 1.29 is 19.5 Å². The van der Waals surface area contributed by atoms with E-state index in [-0.39, 0.29) is 18.2 Å². The van der Waals surface area contributed by atoms with Crippen molar-refractivity contribution in [3.8, 4) is 0 Å². The maximum atomic E-state index is 13.7. The van der Waals surface area contributed by atoms with Gasteiger partial charge in [-0.25, -0.2) is 9.78 Å². The molecule has 2 aliphatic rings. The van der Waals surface area contributed by atoms with E-state index in [1.807, 2.05) is 6.20 Å². The minimum atomic E-state index is -0.820. The summed E-state index contributed by atoms with van der Waals surface area (Å²) in [6, 6.07) is 3.95. The van der Waals surface area contributed by atoms with Crippen molar-refractivity contribution in [2.45, 2.75) is 83.1 Å². The summed E-state index contributed by atoms with van der Waals surface area (Å²) in [6.45, 7) is 1.22. The van der Waals surface area contributed by atoms with Crippen LogP contribution in [0, 0.1) is 11.3 Å². The van der Waals surface area contributed by atoms with Crippen LogP contribution in [0.2, 0.25) is 10.0 Å². The van der Waals surface area contributed by atoms with Gasteiger partial charge in [0.25, 0.3) is 0 Å². The van der Waals surface area contributed by atoms with Crippen LogP contribution >= 0.6 is 23.2 Å². The molecule has 2 fully saturated rings. The number of carboxylic acid groups (broad SMARTS) is 1. The number of urea groups is 1. The molecule has 1 aliphatic heterocycles. The summed E-state index contributed by atoms with van der Waals surface area (Å²) < 4.78 is 0. The van der Waals surface area contributed by atoms with E-state index in [1.54, 1.807) is 29.4 Å². The number of likely N-dealkylation sites (tertiary alicyclic amines) is 1. The third-order valence-electron chi connectivity index (χ3n) is 8.77. The van der Waals surface area contributed by atoms with Crippen LogP contribution < -0.4 is 10.6 Å². The normalized spacial score (nSPS) is 18.0. The van der Waals surface area contributed by atoms with Crippen LogP contribution in [0.15, 0.2) is 30.7 Å². The summed E-state index contributed by atoms with van der Waals surface area (Å²) in [4.78, 5) is 47.9. The third-order valence-corrected chi connectivity index (χ3v) is 9.51. The van der Waals surface area contributed by atoms with Crippen LogP contribution in [0.1, 0.15) is 75.5 Å². The fourth-order valence-corrected chi connectivity index (χ4v) is 6.67. The standard InChI is InChI=1S/C30H41Cl2N5O4/c31-24-11-10-21(17-25(24)32)18-26(36-29(41)34-14-6-2-5-9-23-19-33-20-35-23)27(38)37-15-12-30(13-16-37,28(39)40)22-7-3-1-4-8-22/h10-11,17,19-20,22,26H,1-9,12-16,18H2,(H,33,35)(H,39,40)(H2,34,36,41). The van der Waals surface area contributed by atoms with Gasteiger partial charge in [0, 0.05) is 37.9 Å². The first-order chi connectivity index (χ1) is 19.8. The Balaban J connectivity index is 1.34. The van der Waals surface area contributed by atoms with Gasteiger partial charge in [-0.1, -0.05) is 55.0 Å². The molecule has 11 heteroatoms. The molecule has 4 rings (SSSR count). The van der Waals surface area contributed by atoms with Crippen molar-refractivity contribution in [3.05, 3.63) is 52.0 Å². The summed E-state index contributed by atoms with van der Waals surface area (Å²) >= 11 is 12.3. The number of aliphatic carboxylic acids is 1. The summed E-state index contributed by atoms with van der Waals surface area (Å²) in [5.41, 5.74) is 1.09. The number of nitrogens with one attached hydrogen (secondary N) is 3. The van der Waals surface area contributed by atoms with Gasteiger partial charge in [-0.3, -0.25) is 9.59 Å². The molecule has 0 spiro atoms. The SMILES string of the molecule is O=C(NCCCCCc1cnc[nH]1)NC(Cc1ccc(Cl)c(Cl)c1)C(=O)N1CCC(C(=O)O)(C2CCCCC2)CC1. The summed E-state index contributed by atoms with van der Waals surface area (Å²) in [5, 5.41) is 16.8. The third kappa shape index (κ3) is 8.38. The number of hydrogen-bond donors (Lipinski definition) is 4. The molecule has 1 unspecified atom stereocenters. The lowest BCUT2D eigenvalue weighted by molar-refractivity contribution is -0.160. The Bertz CT molecular complexity index is 1160. The lowest BCUT2D eigenvalue weighted by atomic mass is 9.64. The van der Waals surface area contributed by atoms with Crippen molar-refractivity contribution in [2.24, 2.45) is 11.3 Å². The molecule has 1 aliphatic carbocycles. The number of carboxylic acids is 1. The molecule has 9 nitrogen and oxygen atoms in total. The topological polar surface area (TPSA) is 127 Å². The molecule has 4 N–H and O–H groups in total. The van der Waals surface area contributed by atoms with Gasteiger partial charge in [-0.05, 0) is 68.6 Å². The molecule has 0 radical (unpaired) electrons. The highest BCUT2D eigenvalue weighted by molar-refractivity contribution is 6.42. The average molecular weight is 607 g/mol. The predicted octanol–water partition coefficient (Wildman–Crippen LogP) is 5.61. The molecule has 0 bridgehead atoms. The van der Waals surface area contributed by atoms with Crippen molar-refractivity contribution in [3.63, 3.8) is 0 Å².